The molecule has 4 heteroatoms. The Labute approximate surface area is 119 Å². The molecule has 0 aliphatic rings. The predicted octanol–water partition coefficient (Wildman–Crippen LogP) is 2.01. The Morgan fingerprint density at radius 1 is 1.15 bits per heavy atom. The van der Waals surface area contributed by atoms with E-state index in [0.29, 0.717) is 13.0 Å². The van der Waals surface area contributed by atoms with Gasteiger partial charge in [-0.05, 0) is 29.8 Å². The van der Waals surface area contributed by atoms with Crippen molar-refractivity contribution in [3.8, 4) is 0 Å². The van der Waals surface area contributed by atoms with Crippen molar-refractivity contribution in [1.82, 2.24) is 10.3 Å². The quantitative estimate of drug-likeness (QED) is 0.903. The van der Waals surface area contributed by atoms with E-state index in [1.165, 1.54) is 0 Å². The van der Waals surface area contributed by atoms with Crippen LogP contribution in [0.25, 0.3) is 0 Å². The van der Waals surface area contributed by atoms with E-state index in [1.807, 2.05) is 61.5 Å². The van der Waals surface area contributed by atoms with Crippen molar-refractivity contribution < 1.29 is 4.79 Å². The van der Waals surface area contributed by atoms with Crippen LogP contribution < -0.4 is 10.2 Å². The Morgan fingerprint density at radius 3 is 2.50 bits per heavy atom. The summed E-state index contributed by atoms with van der Waals surface area (Å²) in [6, 6.07) is 13.7. The molecule has 2 rings (SSSR count). The molecular formula is C16H19N3O. The SMILES string of the molecule is CN(C)c1ccc(CNC(=O)Cc2ccccn2)cc1. The molecule has 1 aromatic carbocycles. The van der Waals surface area contributed by atoms with E-state index in [0.717, 1.165) is 16.9 Å². The summed E-state index contributed by atoms with van der Waals surface area (Å²) in [7, 11) is 4.01. The number of carbonyl (C=O) groups excluding carboxylic acids is 1. The number of hydrogen-bond acceptors (Lipinski definition) is 3. The number of anilines is 1. The average Bonchev–Trinajstić information content (AvgIpc) is 2.46. The molecule has 0 unspecified atom stereocenters. The molecular weight excluding hydrogens is 250 g/mol. The number of pyridine rings is 1. The normalized spacial score (nSPS) is 10.1. The number of nitrogens with one attached hydrogen (secondary N) is 1. The summed E-state index contributed by atoms with van der Waals surface area (Å²) in [5.74, 6) is -0.0135. The second-order valence-electron chi connectivity index (χ2n) is 4.84. The Balaban J connectivity index is 1.84. The van der Waals surface area contributed by atoms with Crippen molar-refractivity contribution >= 4 is 11.6 Å². The van der Waals surface area contributed by atoms with Crippen LogP contribution in [0.4, 0.5) is 5.69 Å². The monoisotopic (exact) mass is 269 g/mol. The molecule has 0 saturated carbocycles. The van der Waals surface area contributed by atoms with Gasteiger partial charge in [-0.25, -0.2) is 0 Å². The lowest BCUT2D eigenvalue weighted by Crippen LogP contribution is -2.24. The van der Waals surface area contributed by atoms with Crippen molar-refractivity contribution in [2.45, 2.75) is 13.0 Å². The molecule has 2 aromatic rings. The van der Waals surface area contributed by atoms with Gasteiger partial charge in [0.2, 0.25) is 5.91 Å². The highest BCUT2D eigenvalue weighted by molar-refractivity contribution is 5.78. The predicted molar refractivity (Wildman–Crippen MR) is 80.6 cm³/mol. The molecule has 0 fully saturated rings. The lowest BCUT2D eigenvalue weighted by atomic mass is 10.2. The molecule has 1 N–H and O–H groups in total. The van der Waals surface area contributed by atoms with Gasteiger partial charge in [-0.15, -0.1) is 0 Å². The van der Waals surface area contributed by atoms with Gasteiger partial charge in [-0.3, -0.25) is 9.78 Å². The zero-order valence-electron chi connectivity index (χ0n) is 11.8. The molecule has 0 aliphatic heterocycles. The highest BCUT2D eigenvalue weighted by atomic mass is 16.1. The van der Waals surface area contributed by atoms with Crippen LogP contribution >= 0.6 is 0 Å². The molecule has 1 heterocycles. The van der Waals surface area contributed by atoms with Gasteiger partial charge in [-0.2, -0.15) is 0 Å². The van der Waals surface area contributed by atoms with Crippen LogP contribution in [0, 0.1) is 0 Å². The molecule has 0 aliphatic carbocycles. The standard InChI is InChI=1S/C16H19N3O/c1-19(2)15-8-6-13(7-9-15)12-18-16(20)11-14-5-3-4-10-17-14/h3-10H,11-12H2,1-2H3,(H,18,20). The fraction of sp³-hybridized carbons (Fsp3) is 0.250. The highest BCUT2D eigenvalue weighted by Gasteiger charge is 2.04. The molecule has 1 amide bonds. The number of amides is 1. The highest BCUT2D eigenvalue weighted by Crippen LogP contribution is 2.11. The zero-order valence-corrected chi connectivity index (χ0v) is 11.8. The Kier molecular flexibility index (Phi) is 4.71. The van der Waals surface area contributed by atoms with Gasteiger partial charge in [0, 0.05) is 38.2 Å². The minimum Gasteiger partial charge on any atom is -0.378 e. The Hall–Kier alpha value is -2.36. The van der Waals surface area contributed by atoms with Crippen molar-refractivity contribution in [1.29, 1.82) is 0 Å². The topological polar surface area (TPSA) is 45.2 Å². The Bertz CT molecular complexity index is 550. The maximum Gasteiger partial charge on any atom is 0.226 e. The molecule has 0 radical (unpaired) electrons. The molecule has 0 bridgehead atoms. The fourth-order valence-electron chi connectivity index (χ4n) is 1.84. The third-order valence-corrected chi connectivity index (χ3v) is 3.01. The summed E-state index contributed by atoms with van der Waals surface area (Å²) in [5, 5.41) is 2.90. The first kappa shape index (κ1) is 14.1. The summed E-state index contributed by atoms with van der Waals surface area (Å²) in [4.78, 5) is 18.0. The van der Waals surface area contributed by atoms with Gasteiger partial charge >= 0.3 is 0 Å². The fourth-order valence-corrected chi connectivity index (χ4v) is 1.84. The molecule has 4 nitrogen and oxygen atoms in total. The molecule has 0 atom stereocenters. The molecule has 1 aromatic heterocycles. The van der Waals surface area contributed by atoms with Crippen molar-refractivity contribution in [2.24, 2.45) is 0 Å². The number of carbonyl (C=O) groups is 1. The third-order valence-electron chi connectivity index (χ3n) is 3.01. The first-order valence-corrected chi connectivity index (χ1v) is 6.58. The van der Waals surface area contributed by atoms with Crippen LogP contribution in [0.1, 0.15) is 11.3 Å². The minimum absolute atomic E-state index is 0.0135. The summed E-state index contributed by atoms with van der Waals surface area (Å²) in [5.41, 5.74) is 3.02. The van der Waals surface area contributed by atoms with Crippen LogP contribution in [-0.4, -0.2) is 25.0 Å². The smallest absolute Gasteiger partial charge is 0.226 e. The second kappa shape index (κ2) is 6.70. The Morgan fingerprint density at radius 2 is 1.90 bits per heavy atom. The van der Waals surface area contributed by atoms with Crippen LogP contribution in [0.3, 0.4) is 0 Å². The maximum atomic E-state index is 11.8. The van der Waals surface area contributed by atoms with E-state index in [9.17, 15) is 4.79 Å². The largest absolute Gasteiger partial charge is 0.378 e. The first-order valence-electron chi connectivity index (χ1n) is 6.58. The summed E-state index contributed by atoms with van der Waals surface area (Å²) in [6.45, 7) is 0.541. The van der Waals surface area contributed by atoms with Gasteiger partial charge in [0.05, 0.1) is 6.42 Å². The van der Waals surface area contributed by atoms with Crippen LogP contribution in [0.15, 0.2) is 48.7 Å². The van der Waals surface area contributed by atoms with Crippen molar-refractivity contribution in [3.05, 3.63) is 59.9 Å². The number of hydrogen-bond donors (Lipinski definition) is 1. The van der Waals surface area contributed by atoms with E-state index in [-0.39, 0.29) is 5.91 Å². The van der Waals surface area contributed by atoms with E-state index in [2.05, 4.69) is 10.3 Å². The average molecular weight is 269 g/mol. The number of nitrogens with zero attached hydrogens (tertiary/aromatic N) is 2. The van der Waals surface area contributed by atoms with Crippen molar-refractivity contribution in [3.63, 3.8) is 0 Å². The van der Waals surface area contributed by atoms with Gasteiger partial charge in [0.15, 0.2) is 0 Å². The number of benzene rings is 1. The van der Waals surface area contributed by atoms with Crippen LogP contribution in [0.5, 0.6) is 0 Å². The zero-order chi connectivity index (χ0) is 14.4. The van der Waals surface area contributed by atoms with E-state index in [4.69, 9.17) is 0 Å². The second-order valence-corrected chi connectivity index (χ2v) is 4.84. The molecule has 0 saturated heterocycles. The van der Waals surface area contributed by atoms with Gasteiger partial charge in [0.25, 0.3) is 0 Å². The van der Waals surface area contributed by atoms with E-state index < -0.39 is 0 Å². The molecule has 0 spiro atoms. The first-order chi connectivity index (χ1) is 9.65. The number of aromatic nitrogens is 1. The lowest BCUT2D eigenvalue weighted by Gasteiger charge is -2.12. The van der Waals surface area contributed by atoms with Crippen LogP contribution in [-0.2, 0) is 17.8 Å². The van der Waals surface area contributed by atoms with Crippen LogP contribution in [0.2, 0.25) is 0 Å². The molecule has 20 heavy (non-hydrogen) atoms. The van der Waals surface area contributed by atoms with Gasteiger partial charge in [0.1, 0.15) is 0 Å². The summed E-state index contributed by atoms with van der Waals surface area (Å²) < 4.78 is 0. The van der Waals surface area contributed by atoms with Crippen molar-refractivity contribution in [2.75, 3.05) is 19.0 Å². The summed E-state index contributed by atoms with van der Waals surface area (Å²) in [6.07, 6.45) is 2.01. The minimum atomic E-state index is -0.0135. The van der Waals surface area contributed by atoms with Gasteiger partial charge < -0.3 is 10.2 Å². The lowest BCUT2D eigenvalue weighted by molar-refractivity contribution is -0.120. The third kappa shape index (κ3) is 4.09. The molecule has 104 valence electrons. The van der Waals surface area contributed by atoms with E-state index in [1.54, 1.807) is 6.20 Å². The van der Waals surface area contributed by atoms with Gasteiger partial charge in [-0.1, -0.05) is 18.2 Å². The van der Waals surface area contributed by atoms with E-state index >= 15 is 0 Å². The number of rotatable bonds is 5. The summed E-state index contributed by atoms with van der Waals surface area (Å²) >= 11 is 0. The maximum absolute atomic E-state index is 11.8.